The SMILES string of the molecule is CCCCCOc1cccc(C(=O)Nc2cc(C)nn2-c2nc3ccc(F)cc3s2)c1. The minimum Gasteiger partial charge on any atom is -0.494 e. The standard InChI is InChI=1S/C23H23FN4O2S/c1-3-4-5-11-30-18-8-6-7-16(13-18)22(29)26-21-12-15(2)27-28(21)23-25-19-10-9-17(24)14-20(19)31-23/h6-10,12-14H,3-5,11H2,1-2H3,(H,26,29). The molecule has 160 valence electrons. The number of hydrogen-bond donors (Lipinski definition) is 1. The summed E-state index contributed by atoms with van der Waals surface area (Å²) in [6.07, 6.45) is 3.22. The van der Waals surface area contributed by atoms with E-state index >= 15 is 0 Å². The summed E-state index contributed by atoms with van der Waals surface area (Å²) in [6.45, 7) is 4.61. The summed E-state index contributed by atoms with van der Waals surface area (Å²) in [6, 6.07) is 13.3. The number of thiazole rings is 1. The number of unbranched alkanes of at least 4 members (excludes halogenated alkanes) is 2. The summed E-state index contributed by atoms with van der Waals surface area (Å²) in [5.74, 6) is 0.579. The highest BCUT2D eigenvalue weighted by Gasteiger charge is 2.16. The molecule has 4 rings (SSSR count). The Labute approximate surface area is 183 Å². The highest BCUT2D eigenvalue weighted by molar-refractivity contribution is 7.20. The van der Waals surface area contributed by atoms with E-state index in [1.165, 1.54) is 23.5 Å². The van der Waals surface area contributed by atoms with Crippen LogP contribution in [0.1, 0.15) is 42.2 Å². The molecule has 1 amide bonds. The Morgan fingerprint density at radius 1 is 1.19 bits per heavy atom. The molecule has 4 aromatic rings. The van der Waals surface area contributed by atoms with Gasteiger partial charge in [-0.15, -0.1) is 0 Å². The van der Waals surface area contributed by atoms with Gasteiger partial charge in [0.15, 0.2) is 0 Å². The predicted molar refractivity (Wildman–Crippen MR) is 121 cm³/mol. The largest absolute Gasteiger partial charge is 0.494 e. The molecule has 0 radical (unpaired) electrons. The third-order valence-electron chi connectivity index (χ3n) is 4.71. The van der Waals surface area contributed by atoms with Gasteiger partial charge in [0.05, 0.1) is 22.5 Å². The molecule has 2 heterocycles. The lowest BCUT2D eigenvalue weighted by Gasteiger charge is -2.09. The zero-order valence-corrected chi connectivity index (χ0v) is 18.2. The molecule has 0 fully saturated rings. The van der Waals surface area contributed by atoms with Crippen molar-refractivity contribution in [1.29, 1.82) is 0 Å². The highest BCUT2D eigenvalue weighted by Crippen LogP contribution is 2.28. The second-order valence-electron chi connectivity index (χ2n) is 7.23. The van der Waals surface area contributed by atoms with Gasteiger partial charge in [0.25, 0.3) is 5.91 Å². The number of nitrogens with zero attached hydrogens (tertiary/aromatic N) is 3. The van der Waals surface area contributed by atoms with Crippen LogP contribution in [0.3, 0.4) is 0 Å². The van der Waals surface area contributed by atoms with Crippen molar-refractivity contribution in [2.24, 2.45) is 0 Å². The Morgan fingerprint density at radius 3 is 2.90 bits per heavy atom. The van der Waals surface area contributed by atoms with Crippen molar-refractivity contribution in [3.63, 3.8) is 0 Å². The van der Waals surface area contributed by atoms with Gasteiger partial charge in [-0.05, 0) is 49.7 Å². The van der Waals surface area contributed by atoms with E-state index in [0.717, 1.165) is 25.0 Å². The second-order valence-corrected chi connectivity index (χ2v) is 8.24. The zero-order valence-electron chi connectivity index (χ0n) is 17.4. The lowest BCUT2D eigenvalue weighted by molar-refractivity contribution is 0.102. The minimum atomic E-state index is -0.315. The molecule has 2 aromatic heterocycles. The van der Waals surface area contributed by atoms with Crippen LogP contribution in [0.2, 0.25) is 0 Å². The first-order valence-electron chi connectivity index (χ1n) is 10.2. The fourth-order valence-electron chi connectivity index (χ4n) is 3.17. The number of ether oxygens (including phenoxy) is 1. The number of amides is 1. The number of nitrogens with one attached hydrogen (secondary N) is 1. The lowest BCUT2D eigenvalue weighted by Crippen LogP contribution is -2.15. The number of carbonyl (C=O) groups is 1. The van der Waals surface area contributed by atoms with Gasteiger partial charge in [-0.1, -0.05) is 37.2 Å². The van der Waals surface area contributed by atoms with Gasteiger partial charge < -0.3 is 10.1 Å². The average molecular weight is 439 g/mol. The fourth-order valence-corrected chi connectivity index (χ4v) is 4.12. The molecule has 1 N–H and O–H groups in total. The first-order valence-corrected chi connectivity index (χ1v) is 11.0. The topological polar surface area (TPSA) is 69.0 Å². The molecule has 0 bridgehead atoms. The number of rotatable bonds is 8. The van der Waals surface area contributed by atoms with Gasteiger partial charge in [-0.2, -0.15) is 9.78 Å². The number of fused-ring (bicyclic) bond motifs is 1. The number of aryl methyl sites for hydroxylation is 1. The monoisotopic (exact) mass is 438 g/mol. The summed E-state index contributed by atoms with van der Waals surface area (Å²) in [5.41, 5.74) is 1.90. The first-order chi connectivity index (χ1) is 15.0. The number of aromatic nitrogens is 3. The molecule has 0 spiro atoms. The van der Waals surface area contributed by atoms with Crippen LogP contribution in [0, 0.1) is 12.7 Å². The number of carbonyl (C=O) groups excluding carboxylic acids is 1. The summed E-state index contributed by atoms with van der Waals surface area (Å²) >= 11 is 1.31. The summed E-state index contributed by atoms with van der Waals surface area (Å²) in [4.78, 5) is 17.4. The van der Waals surface area contributed by atoms with E-state index < -0.39 is 0 Å². The van der Waals surface area contributed by atoms with Gasteiger partial charge in [0, 0.05) is 11.6 Å². The third-order valence-corrected chi connectivity index (χ3v) is 5.70. The Bertz CT molecular complexity index is 1220. The van der Waals surface area contributed by atoms with Crippen molar-refractivity contribution in [1.82, 2.24) is 14.8 Å². The van der Waals surface area contributed by atoms with Crippen LogP contribution < -0.4 is 10.1 Å². The molecule has 0 aliphatic carbocycles. The summed E-state index contributed by atoms with van der Waals surface area (Å²) < 4.78 is 21.6. The molecule has 8 heteroatoms. The number of benzene rings is 2. The summed E-state index contributed by atoms with van der Waals surface area (Å²) in [7, 11) is 0. The molecular formula is C23H23FN4O2S. The van der Waals surface area contributed by atoms with Crippen LogP contribution in [-0.2, 0) is 0 Å². The molecule has 0 atom stereocenters. The second kappa shape index (κ2) is 9.26. The van der Waals surface area contributed by atoms with E-state index in [1.807, 2.05) is 13.0 Å². The zero-order chi connectivity index (χ0) is 21.8. The summed E-state index contributed by atoms with van der Waals surface area (Å²) in [5, 5.41) is 7.91. The van der Waals surface area contributed by atoms with Gasteiger partial charge in [0.1, 0.15) is 17.4 Å². The number of hydrogen-bond acceptors (Lipinski definition) is 5. The van der Waals surface area contributed by atoms with E-state index in [1.54, 1.807) is 35.0 Å². The van der Waals surface area contributed by atoms with Crippen molar-refractivity contribution < 1.29 is 13.9 Å². The van der Waals surface area contributed by atoms with Crippen LogP contribution in [0.4, 0.5) is 10.2 Å². The number of halogens is 1. The predicted octanol–water partition coefficient (Wildman–Crippen LogP) is 5.75. The van der Waals surface area contributed by atoms with Crippen molar-refractivity contribution in [2.45, 2.75) is 33.1 Å². The van der Waals surface area contributed by atoms with Crippen LogP contribution >= 0.6 is 11.3 Å². The molecule has 0 aliphatic heterocycles. The van der Waals surface area contributed by atoms with Gasteiger partial charge in [-0.25, -0.2) is 9.37 Å². The molecule has 0 aliphatic rings. The minimum absolute atomic E-state index is 0.271. The molecule has 0 saturated heterocycles. The van der Waals surface area contributed by atoms with Gasteiger partial charge >= 0.3 is 0 Å². The molecule has 31 heavy (non-hydrogen) atoms. The molecule has 0 unspecified atom stereocenters. The molecule has 2 aromatic carbocycles. The molecule has 0 saturated carbocycles. The van der Waals surface area contributed by atoms with Crippen LogP contribution in [0.25, 0.3) is 15.3 Å². The maximum absolute atomic E-state index is 13.5. The Morgan fingerprint density at radius 2 is 2.06 bits per heavy atom. The van der Waals surface area contributed by atoms with Crippen LogP contribution in [-0.4, -0.2) is 27.3 Å². The Kier molecular flexibility index (Phi) is 6.27. The Balaban J connectivity index is 1.54. The maximum Gasteiger partial charge on any atom is 0.256 e. The van der Waals surface area contributed by atoms with Crippen LogP contribution in [0.5, 0.6) is 5.75 Å². The van der Waals surface area contributed by atoms with Gasteiger partial charge in [0.2, 0.25) is 5.13 Å². The fraction of sp³-hybridized carbons (Fsp3) is 0.261. The third kappa shape index (κ3) is 4.91. The van der Waals surface area contributed by atoms with Crippen molar-refractivity contribution >= 4 is 33.3 Å². The van der Waals surface area contributed by atoms with E-state index in [2.05, 4.69) is 22.3 Å². The van der Waals surface area contributed by atoms with Crippen LogP contribution in [0.15, 0.2) is 48.5 Å². The normalized spacial score (nSPS) is 11.1. The quantitative estimate of drug-likeness (QED) is 0.356. The molecule has 6 nitrogen and oxygen atoms in total. The van der Waals surface area contributed by atoms with E-state index in [0.29, 0.717) is 39.1 Å². The molecular weight excluding hydrogens is 415 g/mol. The maximum atomic E-state index is 13.5. The smallest absolute Gasteiger partial charge is 0.256 e. The van der Waals surface area contributed by atoms with Crippen molar-refractivity contribution in [3.8, 4) is 10.9 Å². The van der Waals surface area contributed by atoms with E-state index in [9.17, 15) is 9.18 Å². The van der Waals surface area contributed by atoms with E-state index in [4.69, 9.17) is 4.74 Å². The number of anilines is 1. The lowest BCUT2D eigenvalue weighted by atomic mass is 10.2. The highest BCUT2D eigenvalue weighted by atomic mass is 32.1. The van der Waals surface area contributed by atoms with Crippen molar-refractivity contribution in [2.75, 3.05) is 11.9 Å². The average Bonchev–Trinajstić information content (AvgIpc) is 3.33. The van der Waals surface area contributed by atoms with Gasteiger partial charge in [-0.3, -0.25) is 4.79 Å². The van der Waals surface area contributed by atoms with Crippen molar-refractivity contribution in [3.05, 3.63) is 65.6 Å². The first kappa shape index (κ1) is 21.0. The van der Waals surface area contributed by atoms with E-state index in [-0.39, 0.29) is 11.7 Å². The Hall–Kier alpha value is -3.26.